The molecule has 13 heteroatoms. The van der Waals surface area contributed by atoms with Crippen molar-refractivity contribution in [2.24, 2.45) is 7.05 Å². The molecule has 1 fully saturated rings. The summed E-state index contributed by atoms with van der Waals surface area (Å²) < 4.78 is 43.2. The second-order valence-electron chi connectivity index (χ2n) is 10.3. The maximum Gasteiger partial charge on any atom is 0.288 e. The number of hydrogen-bond acceptors (Lipinski definition) is 10. The van der Waals surface area contributed by atoms with Crippen molar-refractivity contribution >= 4 is 5.91 Å². The van der Waals surface area contributed by atoms with Crippen molar-refractivity contribution in [1.29, 1.82) is 0 Å². The van der Waals surface area contributed by atoms with Gasteiger partial charge in [0, 0.05) is 43.7 Å². The van der Waals surface area contributed by atoms with E-state index < -0.39 is 12.2 Å². The van der Waals surface area contributed by atoms with Gasteiger partial charge in [0.25, 0.3) is 11.5 Å². The molecule has 3 heterocycles. The van der Waals surface area contributed by atoms with Gasteiger partial charge in [0.15, 0.2) is 5.76 Å². The van der Waals surface area contributed by atoms with Gasteiger partial charge < -0.3 is 43.2 Å². The van der Waals surface area contributed by atoms with E-state index in [2.05, 4.69) is 0 Å². The van der Waals surface area contributed by atoms with Gasteiger partial charge in [0.2, 0.25) is 6.29 Å². The fourth-order valence-corrected chi connectivity index (χ4v) is 5.12. The predicted molar refractivity (Wildman–Crippen MR) is 160 cm³/mol. The average Bonchev–Trinajstić information content (AvgIpc) is 3.25. The molecule has 1 aromatic heterocycles. The Labute approximate surface area is 257 Å². The lowest BCUT2D eigenvalue weighted by molar-refractivity contribution is -0.157. The molecule has 13 nitrogen and oxygen atoms in total. The molecule has 0 aliphatic carbocycles. The Bertz CT molecular complexity index is 1230. The number of hydrogen-bond donors (Lipinski definition) is 1. The lowest BCUT2D eigenvalue weighted by Gasteiger charge is -2.31. The van der Waals surface area contributed by atoms with E-state index in [-0.39, 0.29) is 43.7 Å². The number of aromatic nitrogens is 2. The highest BCUT2D eigenvalue weighted by Crippen LogP contribution is 2.32. The normalized spacial score (nSPS) is 21.2. The van der Waals surface area contributed by atoms with Crippen LogP contribution in [-0.4, -0.2) is 124 Å². The van der Waals surface area contributed by atoms with E-state index in [0.29, 0.717) is 77.9 Å². The fraction of sp³-hybridized carbons (Fsp3) is 0.613. The second-order valence-corrected chi connectivity index (χ2v) is 10.3. The van der Waals surface area contributed by atoms with Gasteiger partial charge in [-0.3, -0.25) is 14.3 Å². The van der Waals surface area contributed by atoms with E-state index in [1.165, 1.54) is 0 Å². The zero-order valence-electron chi connectivity index (χ0n) is 25.7. The number of aliphatic hydroxyl groups is 1. The summed E-state index contributed by atoms with van der Waals surface area (Å²) in [6.45, 7) is 6.31. The van der Waals surface area contributed by atoms with Crippen LogP contribution in [0.4, 0.5) is 0 Å². The molecule has 0 spiro atoms. The van der Waals surface area contributed by atoms with E-state index in [1.807, 2.05) is 49.0 Å². The van der Waals surface area contributed by atoms with Crippen molar-refractivity contribution in [2.75, 3.05) is 92.4 Å². The third kappa shape index (κ3) is 9.48. The summed E-state index contributed by atoms with van der Waals surface area (Å²) in [5.41, 5.74) is 1.92. The molecule has 1 saturated heterocycles. The Morgan fingerprint density at radius 1 is 0.909 bits per heavy atom. The van der Waals surface area contributed by atoms with E-state index in [1.54, 1.807) is 15.7 Å². The standard InChI is InChI=1S/C31H45N3O10/c1-24-29(31(37)34(32(24)2)26-6-4-3-5-7-26)25-22-27(44-28(23-25)43-21-20-40-13-10-35)30(36)33-8-11-38-14-16-41-18-19-42-17-15-39-12-9-33/h3-7,22,25,28,35H,8-21,23H2,1-2H3/t25-,28+/m1/s1. The number of carbonyl (C=O) groups is 1. The number of benzene rings is 1. The lowest BCUT2D eigenvalue weighted by Crippen LogP contribution is -2.40. The van der Waals surface area contributed by atoms with Gasteiger partial charge in [-0.25, -0.2) is 4.68 Å². The largest absolute Gasteiger partial charge is 0.459 e. The van der Waals surface area contributed by atoms with Crippen LogP contribution in [0.1, 0.15) is 23.6 Å². The molecule has 2 aliphatic rings. The van der Waals surface area contributed by atoms with E-state index in [9.17, 15) is 9.59 Å². The van der Waals surface area contributed by atoms with Crippen LogP contribution in [0.15, 0.2) is 47.0 Å². The molecular weight excluding hydrogens is 574 g/mol. The first kappa shape index (κ1) is 33.8. The minimum atomic E-state index is -0.795. The highest BCUT2D eigenvalue weighted by molar-refractivity contribution is 5.91. The zero-order chi connectivity index (χ0) is 31.1. The number of amides is 1. The van der Waals surface area contributed by atoms with Crippen molar-refractivity contribution in [2.45, 2.75) is 25.6 Å². The number of nitrogens with zero attached hydrogens (tertiary/aromatic N) is 3. The van der Waals surface area contributed by atoms with Crippen LogP contribution in [0, 0.1) is 6.92 Å². The summed E-state index contributed by atoms with van der Waals surface area (Å²) in [4.78, 5) is 29.4. The van der Waals surface area contributed by atoms with Gasteiger partial charge in [-0.2, -0.15) is 0 Å². The molecule has 0 unspecified atom stereocenters. The van der Waals surface area contributed by atoms with Crippen molar-refractivity contribution < 1.29 is 43.1 Å². The molecule has 2 atom stereocenters. The number of allylic oxidation sites excluding steroid dienone is 1. The molecule has 244 valence electrons. The first-order valence-electron chi connectivity index (χ1n) is 15.1. The molecular formula is C31H45N3O10. The van der Waals surface area contributed by atoms with E-state index >= 15 is 0 Å². The van der Waals surface area contributed by atoms with Gasteiger partial charge in [0.1, 0.15) is 0 Å². The van der Waals surface area contributed by atoms with Crippen molar-refractivity contribution in [3.05, 3.63) is 63.8 Å². The van der Waals surface area contributed by atoms with Gasteiger partial charge in [0.05, 0.1) is 85.0 Å². The highest BCUT2D eigenvalue weighted by atomic mass is 16.7. The predicted octanol–water partition coefficient (Wildman–Crippen LogP) is 1.13. The molecule has 1 N–H and O–H groups in total. The molecule has 2 aliphatic heterocycles. The molecule has 1 amide bonds. The quantitative estimate of drug-likeness (QED) is 0.408. The number of para-hydroxylation sites is 1. The number of rotatable bonds is 9. The van der Waals surface area contributed by atoms with Crippen LogP contribution < -0.4 is 5.56 Å². The highest BCUT2D eigenvalue weighted by Gasteiger charge is 2.34. The van der Waals surface area contributed by atoms with E-state index in [0.717, 1.165) is 11.4 Å². The first-order valence-corrected chi connectivity index (χ1v) is 15.1. The maximum absolute atomic E-state index is 13.9. The second kappa shape index (κ2) is 18.1. The smallest absolute Gasteiger partial charge is 0.288 e. The third-order valence-electron chi connectivity index (χ3n) is 7.42. The van der Waals surface area contributed by atoms with Crippen LogP contribution in [0.5, 0.6) is 0 Å². The topological polar surface area (TPSA) is 132 Å². The minimum absolute atomic E-state index is 0.0896. The minimum Gasteiger partial charge on any atom is -0.459 e. The van der Waals surface area contributed by atoms with Gasteiger partial charge in [-0.15, -0.1) is 0 Å². The van der Waals surface area contributed by atoms with Crippen molar-refractivity contribution in [3.63, 3.8) is 0 Å². The van der Waals surface area contributed by atoms with Crippen LogP contribution in [-0.2, 0) is 45.0 Å². The third-order valence-corrected chi connectivity index (χ3v) is 7.42. The lowest BCUT2D eigenvalue weighted by atomic mass is 9.93. The zero-order valence-corrected chi connectivity index (χ0v) is 25.7. The van der Waals surface area contributed by atoms with Crippen LogP contribution in [0.2, 0.25) is 0 Å². The molecule has 0 bridgehead atoms. The van der Waals surface area contributed by atoms with Gasteiger partial charge in [-0.1, -0.05) is 18.2 Å². The van der Waals surface area contributed by atoms with Gasteiger partial charge >= 0.3 is 0 Å². The van der Waals surface area contributed by atoms with Gasteiger partial charge in [-0.05, 0) is 25.1 Å². The SMILES string of the molecule is Cc1c([C@@H]2C=C(C(=O)N3CCOCCOCCOCCOCC3)O[C@H](OCCOCCO)C2)c(=O)n(-c2ccccc2)n1C. The summed E-state index contributed by atoms with van der Waals surface area (Å²) in [6.07, 6.45) is 1.26. The Kier molecular flexibility index (Phi) is 13.9. The molecule has 4 rings (SSSR count). The first-order chi connectivity index (χ1) is 21.5. The number of ether oxygens (including phenoxy) is 7. The van der Waals surface area contributed by atoms with Crippen LogP contribution in [0.3, 0.4) is 0 Å². The van der Waals surface area contributed by atoms with Crippen molar-refractivity contribution in [3.8, 4) is 5.69 Å². The van der Waals surface area contributed by atoms with E-state index in [4.69, 9.17) is 38.3 Å². The molecule has 1 aromatic carbocycles. The summed E-state index contributed by atoms with van der Waals surface area (Å²) in [5.74, 6) is -0.693. The van der Waals surface area contributed by atoms with Crippen LogP contribution >= 0.6 is 0 Å². The Hall–Kier alpha value is -3.04. The Morgan fingerprint density at radius 3 is 2.14 bits per heavy atom. The summed E-state index contributed by atoms with van der Waals surface area (Å²) in [5, 5.41) is 8.99. The Balaban J connectivity index is 1.58. The molecule has 0 radical (unpaired) electrons. The molecule has 2 aromatic rings. The number of aliphatic hydroxyl groups excluding tert-OH is 1. The average molecular weight is 620 g/mol. The molecule has 0 saturated carbocycles. The number of carbonyl (C=O) groups excluding carboxylic acids is 1. The molecule has 44 heavy (non-hydrogen) atoms. The fourth-order valence-electron chi connectivity index (χ4n) is 5.12. The van der Waals surface area contributed by atoms with Crippen LogP contribution in [0.25, 0.3) is 5.69 Å². The monoisotopic (exact) mass is 619 g/mol. The Morgan fingerprint density at radius 2 is 1.52 bits per heavy atom. The van der Waals surface area contributed by atoms with Crippen molar-refractivity contribution in [1.82, 2.24) is 14.3 Å². The summed E-state index contributed by atoms with van der Waals surface area (Å²) in [7, 11) is 1.84. The summed E-state index contributed by atoms with van der Waals surface area (Å²) in [6, 6.07) is 9.42. The maximum atomic E-state index is 13.9. The summed E-state index contributed by atoms with van der Waals surface area (Å²) >= 11 is 0.